The molecule has 0 amide bonds. The fourth-order valence-electron chi connectivity index (χ4n) is 2.91. The van der Waals surface area contributed by atoms with Gasteiger partial charge in [-0.1, -0.05) is 12.1 Å². The van der Waals surface area contributed by atoms with Gasteiger partial charge in [0.2, 0.25) is 5.79 Å². The lowest BCUT2D eigenvalue weighted by atomic mass is 9.76. The largest absolute Gasteiger partial charge is 0.495 e. The molecule has 5 nitrogen and oxygen atoms in total. The number of β-amino-alcohol motifs (C(OH)–C–C–N with tert-alkyl or cyclic N) is 1. The predicted molar refractivity (Wildman–Crippen MR) is 90.0 cm³/mol. The van der Waals surface area contributed by atoms with Gasteiger partial charge in [0.1, 0.15) is 5.75 Å². The zero-order chi connectivity index (χ0) is 16.9. The van der Waals surface area contributed by atoms with Gasteiger partial charge in [0, 0.05) is 13.0 Å². The lowest BCUT2D eigenvalue weighted by Gasteiger charge is -2.32. The minimum absolute atomic E-state index is 0.380. The highest BCUT2D eigenvalue weighted by Crippen LogP contribution is 2.37. The maximum absolute atomic E-state index is 10.4. The minimum Gasteiger partial charge on any atom is -0.461 e. The second-order valence-electron chi connectivity index (χ2n) is 7.53. The molecule has 0 saturated carbocycles. The van der Waals surface area contributed by atoms with Crippen LogP contribution in [-0.2, 0) is 9.31 Å². The second kappa shape index (κ2) is 5.48. The highest BCUT2D eigenvalue weighted by molar-refractivity contribution is 6.62. The third-order valence-electron chi connectivity index (χ3n) is 5.23. The van der Waals surface area contributed by atoms with Crippen LogP contribution in [0.3, 0.4) is 0 Å². The molecule has 2 N–H and O–H groups in total. The first-order chi connectivity index (χ1) is 10.6. The first-order valence-electron chi connectivity index (χ1n) is 8.21. The molecule has 2 aliphatic rings. The normalized spacial score (nSPS) is 29.0. The summed E-state index contributed by atoms with van der Waals surface area (Å²) in [6.45, 7) is 11.3. The molecule has 126 valence electrons. The number of aliphatic hydroxyl groups is 1. The van der Waals surface area contributed by atoms with Gasteiger partial charge >= 0.3 is 7.12 Å². The van der Waals surface area contributed by atoms with E-state index in [-0.39, 0.29) is 11.2 Å². The molecule has 1 aromatic carbocycles. The zero-order valence-electron chi connectivity index (χ0n) is 14.6. The van der Waals surface area contributed by atoms with Crippen LogP contribution in [0.25, 0.3) is 0 Å². The molecule has 1 aromatic rings. The molecule has 0 aromatic heterocycles. The van der Waals surface area contributed by atoms with Crippen LogP contribution in [0, 0.1) is 6.92 Å². The van der Waals surface area contributed by atoms with Crippen LogP contribution < -0.4 is 15.5 Å². The van der Waals surface area contributed by atoms with Crippen molar-refractivity contribution in [2.75, 3.05) is 13.1 Å². The van der Waals surface area contributed by atoms with Crippen molar-refractivity contribution in [2.45, 2.75) is 58.0 Å². The van der Waals surface area contributed by atoms with E-state index in [0.717, 1.165) is 17.6 Å². The number of ether oxygens (including phenoxy) is 1. The Labute approximate surface area is 138 Å². The Hall–Kier alpha value is -1.08. The Morgan fingerprint density at radius 2 is 1.83 bits per heavy atom. The molecule has 2 heterocycles. The van der Waals surface area contributed by atoms with E-state index in [4.69, 9.17) is 14.0 Å². The molecule has 1 atom stereocenters. The molecule has 0 spiro atoms. The molecule has 1 unspecified atom stereocenters. The Balaban J connectivity index is 1.86. The van der Waals surface area contributed by atoms with Crippen molar-refractivity contribution in [2.24, 2.45) is 0 Å². The Morgan fingerprint density at radius 3 is 2.39 bits per heavy atom. The van der Waals surface area contributed by atoms with Gasteiger partial charge in [0.05, 0.1) is 17.7 Å². The summed E-state index contributed by atoms with van der Waals surface area (Å²) in [6, 6.07) is 5.77. The van der Waals surface area contributed by atoms with Crippen molar-refractivity contribution in [3.05, 3.63) is 23.8 Å². The Morgan fingerprint density at radius 1 is 1.17 bits per heavy atom. The Bertz CT molecular complexity index is 580. The molecule has 6 heteroatoms. The van der Waals surface area contributed by atoms with E-state index in [1.54, 1.807) is 0 Å². The maximum atomic E-state index is 10.4. The van der Waals surface area contributed by atoms with Gasteiger partial charge in [-0.25, -0.2) is 0 Å². The average molecular weight is 319 g/mol. The predicted octanol–water partition coefficient (Wildman–Crippen LogP) is 1.35. The third kappa shape index (κ3) is 3.01. The van der Waals surface area contributed by atoms with Crippen LogP contribution >= 0.6 is 0 Å². The smallest absolute Gasteiger partial charge is 0.461 e. The molecule has 2 aliphatic heterocycles. The SMILES string of the molecule is Cc1c(OC2(O)CCNC2)cccc1B1OC(C)(C)C(C)(C)O1. The van der Waals surface area contributed by atoms with Gasteiger partial charge in [0.25, 0.3) is 0 Å². The molecule has 0 aliphatic carbocycles. The molecule has 2 saturated heterocycles. The lowest BCUT2D eigenvalue weighted by molar-refractivity contribution is -0.119. The molecule has 23 heavy (non-hydrogen) atoms. The summed E-state index contributed by atoms with van der Waals surface area (Å²) in [7, 11) is -0.431. The van der Waals surface area contributed by atoms with E-state index in [0.29, 0.717) is 18.7 Å². The third-order valence-corrected chi connectivity index (χ3v) is 5.23. The van der Waals surface area contributed by atoms with Crippen molar-refractivity contribution in [1.29, 1.82) is 0 Å². The summed E-state index contributed by atoms with van der Waals surface area (Å²) in [5.41, 5.74) is 1.12. The molecular formula is C17H26BNO4. The quantitative estimate of drug-likeness (QED) is 0.651. The summed E-state index contributed by atoms with van der Waals surface area (Å²) in [4.78, 5) is 0. The highest BCUT2D eigenvalue weighted by atomic mass is 16.7. The van der Waals surface area contributed by atoms with E-state index in [9.17, 15) is 5.11 Å². The summed E-state index contributed by atoms with van der Waals surface area (Å²) in [5, 5.41) is 13.6. The van der Waals surface area contributed by atoms with E-state index in [1.165, 1.54) is 0 Å². The minimum atomic E-state index is -1.14. The van der Waals surface area contributed by atoms with Gasteiger partial charge in [-0.2, -0.15) is 0 Å². The van der Waals surface area contributed by atoms with Crippen molar-refractivity contribution in [3.8, 4) is 5.75 Å². The van der Waals surface area contributed by atoms with Gasteiger partial charge in [-0.3, -0.25) is 0 Å². The summed E-state index contributed by atoms with van der Waals surface area (Å²) in [5.74, 6) is -0.470. The number of benzene rings is 1. The van der Waals surface area contributed by atoms with Crippen molar-refractivity contribution < 1.29 is 19.2 Å². The lowest BCUT2D eigenvalue weighted by Crippen LogP contribution is -2.41. The van der Waals surface area contributed by atoms with Crippen molar-refractivity contribution >= 4 is 12.6 Å². The van der Waals surface area contributed by atoms with Gasteiger partial charge in [-0.15, -0.1) is 0 Å². The van der Waals surface area contributed by atoms with E-state index in [2.05, 4.69) is 5.32 Å². The van der Waals surface area contributed by atoms with E-state index in [1.807, 2.05) is 52.8 Å². The number of hydrogen-bond donors (Lipinski definition) is 2. The Kier molecular flexibility index (Phi) is 4.00. The summed E-state index contributed by atoms with van der Waals surface area (Å²) < 4.78 is 18.1. The fourth-order valence-corrected chi connectivity index (χ4v) is 2.91. The average Bonchev–Trinajstić information content (AvgIpc) is 2.94. The van der Waals surface area contributed by atoms with Crippen LogP contribution in [0.15, 0.2) is 18.2 Å². The standard InChI is InChI=1S/C17H26BNO4/c1-12-13(18-22-15(2,3)16(4,5)23-18)7-6-8-14(12)21-17(20)9-10-19-11-17/h6-8,19-20H,9-11H2,1-5H3. The van der Waals surface area contributed by atoms with E-state index < -0.39 is 12.9 Å². The van der Waals surface area contributed by atoms with Crippen molar-refractivity contribution in [1.82, 2.24) is 5.32 Å². The molecule has 2 fully saturated rings. The first kappa shape index (κ1) is 16.8. The monoisotopic (exact) mass is 319 g/mol. The van der Waals surface area contributed by atoms with Crippen LogP contribution in [0.1, 0.15) is 39.7 Å². The zero-order valence-corrected chi connectivity index (χ0v) is 14.6. The number of nitrogens with one attached hydrogen (secondary N) is 1. The fraction of sp³-hybridized carbons (Fsp3) is 0.647. The van der Waals surface area contributed by atoms with Crippen LogP contribution in [-0.4, -0.2) is 42.3 Å². The van der Waals surface area contributed by atoms with Gasteiger partial charge < -0.3 is 24.5 Å². The van der Waals surface area contributed by atoms with Crippen LogP contribution in [0.4, 0.5) is 0 Å². The first-order valence-corrected chi connectivity index (χ1v) is 8.21. The van der Waals surface area contributed by atoms with E-state index >= 15 is 0 Å². The summed E-state index contributed by atoms with van der Waals surface area (Å²) in [6.07, 6.45) is 0.577. The maximum Gasteiger partial charge on any atom is 0.495 e. The molecule has 3 rings (SSSR count). The van der Waals surface area contributed by atoms with Gasteiger partial charge in [-0.05, 0) is 51.7 Å². The molecule has 0 radical (unpaired) electrons. The summed E-state index contributed by atoms with van der Waals surface area (Å²) >= 11 is 0. The highest BCUT2D eigenvalue weighted by Gasteiger charge is 2.52. The molecule has 0 bridgehead atoms. The van der Waals surface area contributed by atoms with Crippen molar-refractivity contribution in [3.63, 3.8) is 0 Å². The van der Waals surface area contributed by atoms with Crippen LogP contribution in [0.2, 0.25) is 0 Å². The molecular weight excluding hydrogens is 293 g/mol. The second-order valence-corrected chi connectivity index (χ2v) is 7.53. The number of rotatable bonds is 3. The number of hydrogen-bond acceptors (Lipinski definition) is 5. The topological polar surface area (TPSA) is 60.0 Å². The van der Waals surface area contributed by atoms with Gasteiger partial charge in [0.15, 0.2) is 0 Å². The van der Waals surface area contributed by atoms with Crippen LogP contribution in [0.5, 0.6) is 5.75 Å².